The van der Waals surface area contributed by atoms with Crippen LogP contribution in [0.5, 0.6) is 5.75 Å². The molecule has 0 saturated carbocycles. The number of benzene rings is 1. The third-order valence-electron chi connectivity index (χ3n) is 4.58. The van der Waals surface area contributed by atoms with Crippen molar-refractivity contribution in [2.45, 2.75) is 34.6 Å². The second-order valence-corrected chi connectivity index (χ2v) is 7.64. The van der Waals surface area contributed by atoms with E-state index in [1.807, 2.05) is 18.4 Å². The summed E-state index contributed by atoms with van der Waals surface area (Å²) in [6.45, 7) is 9.89. The molecule has 0 radical (unpaired) electrons. The van der Waals surface area contributed by atoms with Gasteiger partial charge in [-0.25, -0.2) is 4.79 Å². The van der Waals surface area contributed by atoms with E-state index in [0.29, 0.717) is 46.7 Å². The number of carbonyl (C=O) groups is 2. The third kappa shape index (κ3) is 4.79. The first kappa shape index (κ1) is 21.4. The normalized spacial score (nSPS) is 11.0. The van der Waals surface area contributed by atoms with Crippen LogP contribution >= 0.6 is 0 Å². The van der Waals surface area contributed by atoms with E-state index in [0.717, 1.165) is 5.69 Å². The molecule has 1 aromatic carbocycles. The molecule has 2 heterocycles. The molecule has 3 rings (SSSR count). The number of hydrogen-bond donors (Lipinski definition) is 0. The average Bonchev–Trinajstić information content (AvgIpc) is 3.26. The second-order valence-electron chi connectivity index (χ2n) is 7.64. The predicted octanol–water partition coefficient (Wildman–Crippen LogP) is 4.47. The predicted molar refractivity (Wildman–Crippen MR) is 111 cm³/mol. The number of Topliss-reactive ketones (excluding diaryl/α,β-unsaturated/α-hetero) is 1. The van der Waals surface area contributed by atoms with Crippen molar-refractivity contribution >= 4 is 11.8 Å². The van der Waals surface area contributed by atoms with Gasteiger partial charge in [0.15, 0.2) is 12.4 Å². The minimum atomic E-state index is -0.556. The molecule has 0 aliphatic carbocycles. The Morgan fingerprint density at radius 1 is 1.10 bits per heavy atom. The van der Waals surface area contributed by atoms with Gasteiger partial charge >= 0.3 is 5.97 Å². The smallest absolute Gasteiger partial charge is 0.338 e. The molecule has 2 aromatic heterocycles. The molecule has 0 saturated heterocycles. The van der Waals surface area contributed by atoms with Crippen LogP contribution < -0.4 is 4.74 Å². The molecule has 0 aliphatic heterocycles. The van der Waals surface area contributed by atoms with E-state index in [2.05, 4.69) is 19.0 Å². The van der Waals surface area contributed by atoms with Crippen molar-refractivity contribution in [2.75, 3.05) is 13.2 Å². The Labute approximate surface area is 175 Å². The van der Waals surface area contributed by atoms with Gasteiger partial charge < -0.3 is 14.0 Å². The lowest BCUT2D eigenvalue weighted by Crippen LogP contribution is -2.15. The summed E-state index contributed by atoms with van der Waals surface area (Å²) in [4.78, 5) is 24.9. The summed E-state index contributed by atoms with van der Waals surface area (Å²) in [6.07, 6.45) is 0. The van der Waals surface area contributed by atoms with Gasteiger partial charge in [-0.05, 0) is 57.0 Å². The minimum absolute atomic E-state index is 0.278. The van der Waals surface area contributed by atoms with E-state index < -0.39 is 5.97 Å². The van der Waals surface area contributed by atoms with Gasteiger partial charge in [-0.15, -0.1) is 0 Å². The summed E-state index contributed by atoms with van der Waals surface area (Å²) in [5, 5.41) is 4.01. The van der Waals surface area contributed by atoms with Crippen LogP contribution in [0.1, 0.15) is 51.7 Å². The zero-order valence-corrected chi connectivity index (χ0v) is 17.9. The highest BCUT2D eigenvalue weighted by atomic mass is 16.5. The Balaban J connectivity index is 1.64. The Hall–Kier alpha value is -3.35. The highest BCUT2D eigenvalue weighted by Gasteiger charge is 2.20. The fourth-order valence-corrected chi connectivity index (χ4v) is 3.10. The van der Waals surface area contributed by atoms with Crippen molar-refractivity contribution in [1.29, 1.82) is 0 Å². The molecule has 0 bridgehead atoms. The standard InChI is InChI=1S/C23H26N2O5/c1-14(2)12-28-19-8-6-18(7-9-19)23(27)29-13-21(26)20-10-15(3)25(17(20)5)22-11-16(4)30-24-22/h6-11,14H,12-13H2,1-5H3. The third-order valence-corrected chi connectivity index (χ3v) is 4.58. The number of ether oxygens (including phenoxy) is 2. The number of hydrogen-bond acceptors (Lipinski definition) is 6. The monoisotopic (exact) mass is 410 g/mol. The molecule has 0 spiro atoms. The molecule has 3 aromatic rings. The molecular formula is C23H26N2O5. The molecule has 30 heavy (non-hydrogen) atoms. The zero-order chi connectivity index (χ0) is 21.8. The van der Waals surface area contributed by atoms with Crippen LogP contribution in [0.3, 0.4) is 0 Å². The second kappa shape index (κ2) is 8.98. The highest BCUT2D eigenvalue weighted by molar-refractivity contribution is 6.00. The van der Waals surface area contributed by atoms with Crippen LogP contribution in [-0.4, -0.2) is 34.7 Å². The van der Waals surface area contributed by atoms with Crippen LogP contribution in [-0.2, 0) is 4.74 Å². The molecule has 0 fully saturated rings. The summed E-state index contributed by atoms with van der Waals surface area (Å²) in [5.41, 5.74) is 2.41. The van der Waals surface area contributed by atoms with Gasteiger partial charge in [0, 0.05) is 23.0 Å². The van der Waals surface area contributed by atoms with Crippen molar-refractivity contribution in [3.63, 3.8) is 0 Å². The number of nitrogens with zero attached hydrogens (tertiary/aromatic N) is 2. The van der Waals surface area contributed by atoms with Crippen molar-refractivity contribution in [3.05, 3.63) is 64.7 Å². The number of ketones is 1. The Kier molecular flexibility index (Phi) is 6.40. The summed E-state index contributed by atoms with van der Waals surface area (Å²) in [6, 6.07) is 10.2. The first-order chi connectivity index (χ1) is 14.3. The fourth-order valence-electron chi connectivity index (χ4n) is 3.10. The summed E-state index contributed by atoms with van der Waals surface area (Å²) in [7, 11) is 0. The maximum atomic E-state index is 12.7. The van der Waals surface area contributed by atoms with Crippen LogP contribution in [0.25, 0.3) is 5.82 Å². The number of aromatic nitrogens is 2. The van der Waals surface area contributed by atoms with E-state index in [1.165, 1.54) is 0 Å². The van der Waals surface area contributed by atoms with E-state index in [-0.39, 0.29) is 12.4 Å². The first-order valence-corrected chi connectivity index (χ1v) is 9.82. The maximum Gasteiger partial charge on any atom is 0.338 e. The average molecular weight is 410 g/mol. The van der Waals surface area contributed by atoms with E-state index in [9.17, 15) is 9.59 Å². The van der Waals surface area contributed by atoms with Gasteiger partial charge in [0.25, 0.3) is 0 Å². The van der Waals surface area contributed by atoms with Crippen LogP contribution in [0.15, 0.2) is 40.9 Å². The molecule has 0 N–H and O–H groups in total. The number of rotatable bonds is 8. The highest BCUT2D eigenvalue weighted by Crippen LogP contribution is 2.21. The van der Waals surface area contributed by atoms with Crippen molar-refractivity contribution in [1.82, 2.24) is 9.72 Å². The summed E-state index contributed by atoms with van der Waals surface area (Å²) in [5.74, 6) is 1.56. The van der Waals surface area contributed by atoms with Crippen molar-refractivity contribution < 1.29 is 23.6 Å². The Morgan fingerprint density at radius 3 is 2.40 bits per heavy atom. The van der Waals surface area contributed by atoms with E-state index in [1.54, 1.807) is 43.3 Å². The minimum Gasteiger partial charge on any atom is -0.493 e. The number of esters is 1. The fraction of sp³-hybridized carbons (Fsp3) is 0.348. The summed E-state index contributed by atoms with van der Waals surface area (Å²) >= 11 is 0. The molecule has 0 unspecified atom stereocenters. The SMILES string of the molecule is Cc1cc(-n2c(C)cc(C(=O)COC(=O)c3ccc(OCC(C)C)cc3)c2C)no1. The maximum absolute atomic E-state index is 12.7. The van der Waals surface area contributed by atoms with Crippen molar-refractivity contribution in [3.8, 4) is 11.6 Å². The molecule has 0 atom stereocenters. The molecular weight excluding hydrogens is 384 g/mol. The largest absolute Gasteiger partial charge is 0.493 e. The van der Waals surface area contributed by atoms with Gasteiger partial charge in [-0.1, -0.05) is 19.0 Å². The lowest BCUT2D eigenvalue weighted by molar-refractivity contribution is 0.0474. The van der Waals surface area contributed by atoms with Gasteiger partial charge in [-0.3, -0.25) is 9.36 Å². The first-order valence-electron chi connectivity index (χ1n) is 9.82. The topological polar surface area (TPSA) is 83.6 Å². The lowest BCUT2D eigenvalue weighted by atomic mass is 10.1. The van der Waals surface area contributed by atoms with Crippen LogP contribution in [0.4, 0.5) is 0 Å². The van der Waals surface area contributed by atoms with Gasteiger partial charge in [-0.2, -0.15) is 0 Å². The van der Waals surface area contributed by atoms with E-state index >= 15 is 0 Å². The molecule has 158 valence electrons. The van der Waals surface area contributed by atoms with Gasteiger partial charge in [0.1, 0.15) is 11.5 Å². The quantitative estimate of drug-likeness (QED) is 0.403. The Morgan fingerprint density at radius 2 is 1.80 bits per heavy atom. The molecule has 0 amide bonds. The summed E-state index contributed by atoms with van der Waals surface area (Å²) < 4.78 is 17.8. The Bertz CT molecular complexity index is 1040. The molecule has 0 aliphatic rings. The van der Waals surface area contributed by atoms with Gasteiger partial charge in [0.2, 0.25) is 5.78 Å². The lowest BCUT2D eigenvalue weighted by Gasteiger charge is -2.09. The molecule has 7 nitrogen and oxygen atoms in total. The molecule has 7 heteroatoms. The number of aryl methyl sites for hydroxylation is 2. The van der Waals surface area contributed by atoms with Crippen LogP contribution in [0.2, 0.25) is 0 Å². The van der Waals surface area contributed by atoms with Crippen LogP contribution in [0, 0.1) is 26.7 Å². The zero-order valence-electron chi connectivity index (χ0n) is 17.9. The van der Waals surface area contributed by atoms with Gasteiger partial charge in [0.05, 0.1) is 12.2 Å². The van der Waals surface area contributed by atoms with E-state index in [4.69, 9.17) is 14.0 Å². The number of carbonyl (C=O) groups excluding carboxylic acids is 2. The van der Waals surface area contributed by atoms with Crippen molar-refractivity contribution in [2.24, 2.45) is 5.92 Å².